The van der Waals surface area contributed by atoms with Crippen LogP contribution in [0, 0.1) is 12.7 Å². The fourth-order valence-electron chi connectivity index (χ4n) is 1.65. The van der Waals surface area contributed by atoms with Gasteiger partial charge in [0.2, 0.25) is 11.8 Å². The van der Waals surface area contributed by atoms with E-state index in [9.17, 15) is 4.39 Å². The van der Waals surface area contributed by atoms with Crippen LogP contribution >= 0.6 is 0 Å². The van der Waals surface area contributed by atoms with Crippen LogP contribution in [0.1, 0.15) is 19.4 Å². The van der Waals surface area contributed by atoms with E-state index in [1.54, 1.807) is 25.1 Å². The molecule has 0 saturated heterocycles. The maximum absolute atomic E-state index is 13.0. The van der Waals surface area contributed by atoms with Gasteiger partial charge in [-0.2, -0.15) is 4.98 Å². The van der Waals surface area contributed by atoms with Crippen LogP contribution in [0.4, 0.5) is 10.1 Å². The zero-order valence-electron chi connectivity index (χ0n) is 11.7. The fraction of sp³-hybridized carbons (Fsp3) is 0.267. The Hall–Kier alpha value is -2.30. The Morgan fingerprint density at radius 2 is 1.95 bits per heavy atom. The van der Waals surface area contributed by atoms with Crippen LogP contribution in [-0.4, -0.2) is 11.1 Å². The molecule has 5 heteroatoms. The van der Waals surface area contributed by atoms with Crippen LogP contribution in [0.2, 0.25) is 0 Å². The normalized spacial score (nSPS) is 10.7. The van der Waals surface area contributed by atoms with E-state index in [2.05, 4.69) is 4.98 Å². The molecule has 0 saturated carbocycles. The molecule has 2 aromatic rings. The number of nitrogens with zero attached hydrogens (tertiary/aromatic N) is 1. The van der Waals surface area contributed by atoms with Crippen molar-refractivity contribution in [2.24, 2.45) is 0 Å². The molecule has 0 aliphatic rings. The van der Waals surface area contributed by atoms with Crippen LogP contribution in [0.5, 0.6) is 17.5 Å². The van der Waals surface area contributed by atoms with Gasteiger partial charge >= 0.3 is 0 Å². The number of halogens is 1. The Balaban J connectivity index is 2.25. The molecule has 2 N–H and O–H groups in total. The first-order valence-electron chi connectivity index (χ1n) is 6.33. The van der Waals surface area contributed by atoms with Crippen molar-refractivity contribution in [3.8, 4) is 17.5 Å². The first-order valence-corrected chi connectivity index (χ1v) is 6.33. The highest BCUT2D eigenvalue weighted by atomic mass is 19.1. The highest BCUT2D eigenvalue weighted by Gasteiger charge is 2.09. The van der Waals surface area contributed by atoms with E-state index in [0.29, 0.717) is 28.8 Å². The standard InChI is InChI=1S/C15H17FN2O2/c1-9(2)19-15-12(17)5-7-14(18-15)20-13-6-4-11(16)8-10(13)3/h4-9H,17H2,1-3H3. The second-order valence-electron chi connectivity index (χ2n) is 4.72. The summed E-state index contributed by atoms with van der Waals surface area (Å²) in [7, 11) is 0. The van der Waals surface area contributed by atoms with E-state index in [1.165, 1.54) is 12.1 Å². The van der Waals surface area contributed by atoms with Gasteiger partial charge < -0.3 is 15.2 Å². The summed E-state index contributed by atoms with van der Waals surface area (Å²) >= 11 is 0. The molecule has 0 aliphatic heterocycles. The number of aryl methyl sites for hydroxylation is 1. The molecule has 0 bridgehead atoms. The van der Waals surface area contributed by atoms with Crippen molar-refractivity contribution in [2.45, 2.75) is 26.9 Å². The maximum atomic E-state index is 13.0. The molecule has 0 fully saturated rings. The average Bonchev–Trinajstić information content (AvgIpc) is 2.36. The van der Waals surface area contributed by atoms with E-state index < -0.39 is 0 Å². The third-order valence-electron chi connectivity index (χ3n) is 2.56. The van der Waals surface area contributed by atoms with Gasteiger partial charge in [-0.3, -0.25) is 0 Å². The molecule has 1 aromatic carbocycles. The largest absolute Gasteiger partial charge is 0.473 e. The summed E-state index contributed by atoms with van der Waals surface area (Å²) in [6.07, 6.45) is -0.0346. The Kier molecular flexibility index (Phi) is 4.08. The number of nitrogens with two attached hydrogens (primary N) is 1. The van der Waals surface area contributed by atoms with Gasteiger partial charge in [-0.15, -0.1) is 0 Å². The molecule has 1 aromatic heterocycles. The Morgan fingerprint density at radius 3 is 2.60 bits per heavy atom. The summed E-state index contributed by atoms with van der Waals surface area (Å²) < 4.78 is 24.2. The molecular formula is C15H17FN2O2. The molecule has 0 atom stereocenters. The molecule has 2 rings (SSSR count). The number of anilines is 1. The smallest absolute Gasteiger partial charge is 0.240 e. The van der Waals surface area contributed by atoms with Crippen molar-refractivity contribution in [1.29, 1.82) is 0 Å². The molecule has 0 radical (unpaired) electrons. The van der Waals surface area contributed by atoms with Crippen LogP contribution in [-0.2, 0) is 0 Å². The predicted molar refractivity (Wildman–Crippen MR) is 75.6 cm³/mol. The van der Waals surface area contributed by atoms with Gasteiger partial charge in [0.05, 0.1) is 11.8 Å². The molecule has 0 amide bonds. The lowest BCUT2D eigenvalue weighted by molar-refractivity contribution is 0.232. The molecule has 1 heterocycles. The Labute approximate surface area is 117 Å². The summed E-state index contributed by atoms with van der Waals surface area (Å²) in [5, 5.41) is 0. The fourth-order valence-corrected chi connectivity index (χ4v) is 1.65. The van der Waals surface area contributed by atoms with Crippen molar-refractivity contribution in [1.82, 2.24) is 4.98 Å². The number of pyridine rings is 1. The van der Waals surface area contributed by atoms with E-state index in [-0.39, 0.29) is 11.9 Å². The Bertz CT molecular complexity index is 615. The third-order valence-corrected chi connectivity index (χ3v) is 2.56. The number of ether oxygens (including phenoxy) is 2. The zero-order valence-corrected chi connectivity index (χ0v) is 11.7. The van der Waals surface area contributed by atoms with Crippen molar-refractivity contribution >= 4 is 5.69 Å². The lowest BCUT2D eigenvalue weighted by Crippen LogP contribution is -2.09. The topological polar surface area (TPSA) is 57.4 Å². The molecule has 4 nitrogen and oxygen atoms in total. The summed E-state index contributed by atoms with van der Waals surface area (Å²) in [5.41, 5.74) is 6.92. The third kappa shape index (κ3) is 3.38. The average molecular weight is 276 g/mol. The van der Waals surface area contributed by atoms with Crippen molar-refractivity contribution < 1.29 is 13.9 Å². The monoisotopic (exact) mass is 276 g/mol. The predicted octanol–water partition coefficient (Wildman–Crippen LogP) is 3.69. The van der Waals surface area contributed by atoms with Gasteiger partial charge in [0.1, 0.15) is 11.6 Å². The van der Waals surface area contributed by atoms with Crippen LogP contribution in [0.15, 0.2) is 30.3 Å². The summed E-state index contributed by atoms with van der Waals surface area (Å²) in [4.78, 5) is 4.21. The van der Waals surface area contributed by atoms with Crippen molar-refractivity contribution in [3.05, 3.63) is 41.7 Å². The van der Waals surface area contributed by atoms with Crippen molar-refractivity contribution in [2.75, 3.05) is 5.73 Å². The zero-order chi connectivity index (χ0) is 14.7. The molecule has 20 heavy (non-hydrogen) atoms. The molecule has 0 aliphatic carbocycles. The number of hydrogen-bond donors (Lipinski definition) is 1. The molecular weight excluding hydrogens is 259 g/mol. The lowest BCUT2D eigenvalue weighted by atomic mass is 10.2. The quantitative estimate of drug-likeness (QED) is 0.925. The first-order chi connectivity index (χ1) is 9.45. The highest BCUT2D eigenvalue weighted by molar-refractivity contribution is 5.50. The minimum atomic E-state index is -0.302. The number of aromatic nitrogens is 1. The molecule has 0 spiro atoms. The number of rotatable bonds is 4. The van der Waals surface area contributed by atoms with Crippen LogP contribution < -0.4 is 15.2 Å². The van der Waals surface area contributed by atoms with E-state index in [4.69, 9.17) is 15.2 Å². The first kappa shape index (κ1) is 14.1. The van der Waals surface area contributed by atoms with Gasteiger partial charge in [0.15, 0.2) is 0 Å². The Morgan fingerprint density at radius 1 is 1.20 bits per heavy atom. The van der Waals surface area contributed by atoms with Gasteiger partial charge in [0.25, 0.3) is 0 Å². The minimum Gasteiger partial charge on any atom is -0.473 e. The SMILES string of the molecule is Cc1cc(F)ccc1Oc1ccc(N)c(OC(C)C)n1. The van der Waals surface area contributed by atoms with Crippen molar-refractivity contribution in [3.63, 3.8) is 0 Å². The number of hydrogen-bond acceptors (Lipinski definition) is 4. The van der Waals surface area contributed by atoms with Crippen LogP contribution in [0.3, 0.4) is 0 Å². The maximum Gasteiger partial charge on any atom is 0.240 e. The lowest BCUT2D eigenvalue weighted by Gasteiger charge is -2.13. The molecule has 0 unspecified atom stereocenters. The van der Waals surface area contributed by atoms with E-state index in [1.807, 2.05) is 13.8 Å². The second-order valence-corrected chi connectivity index (χ2v) is 4.72. The van der Waals surface area contributed by atoms with Gasteiger partial charge in [-0.05, 0) is 50.6 Å². The second kappa shape index (κ2) is 5.77. The van der Waals surface area contributed by atoms with Crippen LogP contribution in [0.25, 0.3) is 0 Å². The summed E-state index contributed by atoms with van der Waals surface area (Å²) in [6, 6.07) is 7.61. The van der Waals surface area contributed by atoms with E-state index >= 15 is 0 Å². The van der Waals surface area contributed by atoms with E-state index in [0.717, 1.165) is 0 Å². The van der Waals surface area contributed by atoms with Gasteiger partial charge in [0, 0.05) is 6.07 Å². The van der Waals surface area contributed by atoms with Gasteiger partial charge in [-0.1, -0.05) is 0 Å². The van der Waals surface area contributed by atoms with Gasteiger partial charge in [-0.25, -0.2) is 4.39 Å². The number of benzene rings is 1. The summed E-state index contributed by atoms with van der Waals surface area (Å²) in [5.74, 6) is 0.921. The minimum absolute atomic E-state index is 0.0346. The molecule has 106 valence electrons. The number of nitrogen functional groups attached to an aromatic ring is 1. The summed E-state index contributed by atoms with van der Waals surface area (Å²) in [6.45, 7) is 5.54. The highest BCUT2D eigenvalue weighted by Crippen LogP contribution is 2.28.